The number of ether oxygens (including phenoxy) is 1. The van der Waals surface area contributed by atoms with Crippen molar-refractivity contribution >= 4 is 28.6 Å². The molecule has 0 amide bonds. The molecule has 0 fully saturated rings. The molecule has 9 heteroatoms. The fourth-order valence-corrected chi connectivity index (χ4v) is 3.02. The van der Waals surface area contributed by atoms with Crippen molar-refractivity contribution in [3.8, 4) is 0 Å². The van der Waals surface area contributed by atoms with Gasteiger partial charge in [-0.3, -0.25) is 4.68 Å². The highest BCUT2D eigenvalue weighted by Crippen LogP contribution is 2.28. The molecule has 0 aromatic carbocycles. The highest BCUT2D eigenvalue weighted by atomic mass is 16.5. The number of aliphatic hydroxyl groups excluding tert-OH is 1. The van der Waals surface area contributed by atoms with Crippen LogP contribution in [-0.2, 0) is 17.7 Å². The third-order valence-electron chi connectivity index (χ3n) is 4.53. The lowest BCUT2D eigenvalue weighted by atomic mass is 10.2. The Morgan fingerprint density at radius 2 is 2.17 bits per heavy atom. The molecule has 1 unspecified atom stereocenters. The first-order chi connectivity index (χ1) is 14.4. The molecule has 160 valence electrons. The lowest BCUT2D eigenvalue weighted by Gasteiger charge is -2.14. The molecule has 9 nitrogen and oxygen atoms in total. The second kappa shape index (κ2) is 9.64. The molecule has 1 atom stereocenters. The van der Waals surface area contributed by atoms with E-state index in [1.165, 1.54) is 6.08 Å². The minimum atomic E-state index is -0.712. The van der Waals surface area contributed by atoms with Crippen LogP contribution in [0.15, 0.2) is 31.0 Å². The molecular weight excluding hydrogens is 382 g/mol. The van der Waals surface area contributed by atoms with Gasteiger partial charge in [-0.2, -0.15) is 10.1 Å². The van der Waals surface area contributed by atoms with Gasteiger partial charge in [0.05, 0.1) is 24.9 Å². The van der Waals surface area contributed by atoms with Gasteiger partial charge in [0.2, 0.25) is 5.95 Å². The summed E-state index contributed by atoms with van der Waals surface area (Å²) in [6.45, 7) is 9.30. The molecule has 3 aromatic rings. The smallest absolute Gasteiger partial charge is 0.227 e. The van der Waals surface area contributed by atoms with E-state index in [1.807, 2.05) is 49.7 Å². The first-order valence-corrected chi connectivity index (χ1v) is 9.95. The maximum atomic E-state index is 10.1. The summed E-state index contributed by atoms with van der Waals surface area (Å²) in [6, 6.07) is 3.89. The van der Waals surface area contributed by atoms with Crippen molar-refractivity contribution in [3.63, 3.8) is 0 Å². The molecule has 0 aliphatic carbocycles. The summed E-state index contributed by atoms with van der Waals surface area (Å²) in [6.07, 6.45) is 2.85. The Bertz CT molecular complexity index is 1020. The Kier molecular flexibility index (Phi) is 6.96. The van der Waals surface area contributed by atoms with Crippen LogP contribution in [0.25, 0.3) is 11.0 Å². The second-order valence-corrected chi connectivity index (χ2v) is 7.18. The average molecular weight is 412 g/mol. The van der Waals surface area contributed by atoms with Crippen LogP contribution in [-0.4, -0.2) is 63.3 Å². The zero-order valence-electron chi connectivity index (χ0n) is 18.0. The van der Waals surface area contributed by atoms with E-state index in [0.29, 0.717) is 55.0 Å². The van der Waals surface area contributed by atoms with Gasteiger partial charge in [0.15, 0.2) is 5.82 Å². The minimum Gasteiger partial charge on any atom is -0.389 e. The predicted molar refractivity (Wildman–Crippen MR) is 118 cm³/mol. The topological polar surface area (TPSA) is 101 Å². The van der Waals surface area contributed by atoms with Crippen molar-refractivity contribution in [1.29, 1.82) is 0 Å². The Labute approximate surface area is 176 Å². The number of fused-ring (bicyclic) bond motifs is 1. The molecule has 0 saturated carbocycles. The summed E-state index contributed by atoms with van der Waals surface area (Å²) >= 11 is 0. The number of aryl methyl sites for hydroxylation is 1. The lowest BCUT2D eigenvalue weighted by molar-refractivity contribution is 0.137. The molecule has 0 aliphatic heterocycles. The fraction of sp³-hybridized carbons (Fsp3) is 0.429. The largest absolute Gasteiger partial charge is 0.389 e. The Morgan fingerprint density at radius 3 is 2.83 bits per heavy atom. The van der Waals surface area contributed by atoms with Crippen molar-refractivity contribution in [2.24, 2.45) is 0 Å². The van der Waals surface area contributed by atoms with E-state index in [2.05, 4.69) is 16.9 Å². The molecular formula is C21H29N7O2. The molecule has 0 bridgehead atoms. The zero-order valence-corrected chi connectivity index (χ0v) is 18.0. The van der Waals surface area contributed by atoms with Crippen LogP contribution >= 0.6 is 0 Å². The standard InChI is InChI=1S/C21H29N7O2/c1-6-15(29)13-16-18-19(28(26-16)10-11-30-7-2)20(25-21(24-18)27(4)5)23-17-12-14(3)8-9-22-17/h6,8-9,12,15,29H,1,7,10-11,13H2,2-5H3,(H,22,23,24,25). The Morgan fingerprint density at radius 1 is 1.37 bits per heavy atom. The zero-order chi connectivity index (χ0) is 21.7. The van der Waals surface area contributed by atoms with E-state index in [4.69, 9.17) is 19.8 Å². The van der Waals surface area contributed by atoms with Crippen molar-refractivity contribution in [2.45, 2.75) is 32.9 Å². The van der Waals surface area contributed by atoms with Gasteiger partial charge >= 0.3 is 0 Å². The summed E-state index contributed by atoms with van der Waals surface area (Å²) in [7, 11) is 3.77. The number of nitrogens with zero attached hydrogens (tertiary/aromatic N) is 6. The monoisotopic (exact) mass is 411 g/mol. The van der Waals surface area contributed by atoms with Gasteiger partial charge in [0.25, 0.3) is 0 Å². The van der Waals surface area contributed by atoms with Crippen LogP contribution < -0.4 is 10.2 Å². The predicted octanol–water partition coefficient (Wildman–Crippen LogP) is 2.47. The van der Waals surface area contributed by atoms with E-state index in [0.717, 1.165) is 11.1 Å². The molecule has 3 aromatic heterocycles. The summed E-state index contributed by atoms with van der Waals surface area (Å²) in [5.41, 5.74) is 3.20. The van der Waals surface area contributed by atoms with Gasteiger partial charge in [-0.15, -0.1) is 6.58 Å². The number of pyridine rings is 1. The molecule has 30 heavy (non-hydrogen) atoms. The number of hydrogen-bond donors (Lipinski definition) is 2. The molecule has 0 radical (unpaired) electrons. The van der Waals surface area contributed by atoms with E-state index in [1.54, 1.807) is 6.20 Å². The quantitative estimate of drug-likeness (QED) is 0.388. The molecule has 0 aliphatic rings. The van der Waals surface area contributed by atoms with E-state index < -0.39 is 6.10 Å². The van der Waals surface area contributed by atoms with Crippen molar-refractivity contribution in [1.82, 2.24) is 24.7 Å². The van der Waals surface area contributed by atoms with E-state index in [9.17, 15) is 5.11 Å². The number of anilines is 3. The average Bonchev–Trinajstić information content (AvgIpc) is 3.05. The number of hydrogen-bond acceptors (Lipinski definition) is 8. The van der Waals surface area contributed by atoms with Gasteiger partial charge in [0.1, 0.15) is 16.9 Å². The highest BCUT2D eigenvalue weighted by Gasteiger charge is 2.21. The first-order valence-electron chi connectivity index (χ1n) is 9.95. The summed E-state index contributed by atoms with van der Waals surface area (Å²) in [5, 5.41) is 18.2. The van der Waals surface area contributed by atoms with Crippen molar-refractivity contribution in [2.75, 3.05) is 37.5 Å². The fourth-order valence-electron chi connectivity index (χ4n) is 3.02. The summed E-state index contributed by atoms with van der Waals surface area (Å²) in [4.78, 5) is 15.7. The number of nitrogens with one attached hydrogen (secondary N) is 1. The molecule has 0 spiro atoms. The van der Waals surface area contributed by atoms with Crippen LogP contribution in [0.3, 0.4) is 0 Å². The van der Waals surface area contributed by atoms with Crippen LogP contribution in [0.1, 0.15) is 18.2 Å². The first kappa shape index (κ1) is 21.7. The van der Waals surface area contributed by atoms with E-state index in [-0.39, 0.29) is 0 Å². The number of rotatable bonds is 10. The molecule has 3 rings (SSSR count). The Balaban J connectivity index is 2.16. The summed E-state index contributed by atoms with van der Waals surface area (Å²) < 4.78 is 7.35. The van der Waals surface area contributed by atoms with Crippen molar-refractivity contribution in [3.05, 3.63) is 42.2 Å². The van der Waals surface area contributed by atoms with Gasteiger partial charge < -0.3 is 20.1 Å². The van der Waals surface area contributed by atoms with Crippen LogP contribution in [0.2, 0.25) is 0 Å². The second-order valence-electron chi connectivity index (χ2n) is 7.18. The third-order valence-corrected chi connectivity index (χ3v) is 4.53. The molecule has 3 heterocycles. The SMILES string of the molecule is C=CC(O)Cc1nn(CCOCC)c2c(Nc3cc(C)ccn3)nc(N(C)C)nc12. The minimum absolute atomic E-state index is 0.313. The van der Waals surface area contributed by atoms with Crippen LogP contribution in [0.4, 0.5) is 17.6 Å². The third kappa shape index (κ3) is 4.92. The highest BCUT2D eigenvalue weighted by molar-refractivity contribution is 5.90. The van der Waals surface area contributed by atoms with Gasteiger partial charge in [-0.1, -0.05) is 6.08 Å². The maximum absolute atomic E-state index is 10.1. The molecule has 2 N–H and O–H groups in total. The van der Waals surface area contributed by atoms with Gasteiger partial charge in [0, 0.05) is 33.3 Å². The number of aromatic nitrogens is 5. The van der Waals surface area contributed by atoms with Gasteiger partial charge in [-0.05, 0) is 31.5 Å². The maximum Gasteiger partial charge on any atom is 0.227 e. The van der Waals surface area contributed by atoms with Crippen LogP contribution in [0.5, 0.6) is 0 Å². The molecule has 0 saturated heterocycles. The summed E-state index contributed by atoms with van der Waals surface area (Å²) in [5.74, 6) is 1.83. The van der Waals surface area contributed by atoms with E-state index >= 15 is 0 Å². The lowest BCUT2D eigenvalue weighted by Crippen LogP contribution is -2.15. The Hall–Kier alpha value is -3.04. The van der Waals surface area contributed by atoms with Crippen LogP contribution in [0, 0.1) is 6.92 Å². The van der Waals surface area contributed by atoms with Gasteiger partial charge in [-0.25, -0.2) is 9.97 Å². The van der Waals surface area contributed by atoms with Crippen molar-refractivity contribution < 1.29 is 9.84 Å². The normalized spacial score (nSPS) is 12.2. The number of aliphatic hydroxyl groups is 1.